The standard InChI is InChI=1S/C26H30N4O4S/c1-3-21-6-4-5-7-23(21)35(32,33)29-15-12-26(13-16-29)14-17-30(25(26)31)22-10-8-20(9-11-22)18-24-28-27-19(2)34-24/h4-11H,3,12-18H2,1-2H3. The number of aromatic nitrogens is 2. The SMILES string of the molecule is CCc1ccccc1S(=O)(=O)N1CCC2(CCN(c3ccc(Cc4nnc(C)o4)cc3)C2=O)CC1. The summed E-state index contributed by atoms with van der Waals surface area (Å²) in [5.41, 5.74) is 2.23. The third kappa shape index (κ3) is 4.38. The van der Waals surface area contributed by atoms with E-state index in [2.05, 4.69) is 10.2 Å². The van der Waals surface area contributed by atoms with Gasteiger partial charge < -0.3 is 9.32 Å². The van der Waals surface area contributed by atoms with Gasteiger partial charge in [-0.2, -0.15) is 4.31 Å². The molecule has 1 aromatic heterocycles. The maximum absolute atomic E-state index is 13.5. The Labute approximate surface area is 206 Å². The van der Waals surface area contributed by atoms with Gasteiger partial charge in [-0.15, -0.1) is 10.2 Å². The van der Waals surface area contributed by atoms with Gasteiger partial charge in [-0.3, -0.25) is 4.79 Å². The zero-order valence-electron chi connectivity index (χ0n) is 20.1. The lowest BCUT2D eigenvalue weighted by Crippen LogP contribution is -2.46. The van der Waals surface area contributed by atoms with Crippen molar-refractivity contribution < 1.29 is 17.6 Å². The van der Waals surface area contributed by atoms with Crippen molar-refractivity contribution in [3.05, 3.63) is 71.4 Å². The topological polar surface area (TPSA) is 96.6 Å². The summed E-state index contributed by atoms with van der Waals surface area (Å²) in [4.78, 5) is 15.7. The van der Waals surface area contributed by atoms with Crippen molar-refractivity contribution in [2.45, 2.75) is 50.8 Å². The fraction of sp³-hybridized carbons (Fsp3) is 0.423. The summed E-state index contributed by atoms with van der Waals surface area (Å²) in [7, 11) is -3.57. The molecule has 2 aliphatic rings. The third-order valence-corrected chi connectivity index (χ3v) is 9.33. The van der Waals surface area contributed by atoms with Crippen LogP contribution in [0, 0.1) is 12.3 Å². The molecule has 5 rings (SSSR count). The number of rotatable bonds is 6. The first-order valence-electron chi connectivity index (χ1n) is 12.1. The molecule has 2 aliphatic heterocycles. The van der Waals surface area contributed by atoms with Crippen LogP contribution in [0.1, 0.15) is 49.1 Å². The van der Waals surface area contributed by atoms with E-state index in [9.17, 15) is 13.2 Å². The minimum absolute atomic E-state index is 0.101. The average molecular weight is 495 g/mol. The Hall–Kier alpha value is -3.04. The van der Waals surface area contributed by atoms with Crippen LogP contribution < -0.4 is 4.90 Å². The zero-order valence-corrected chi connectivity index (χ0v) is 20.9. The second-order valence-electron chi connectivity index (χ2n) is 9.41. The predicted molar refractivity (Wildman–Crippen MR) is 131 cm³/mol. The minimum atomic E-state index is -3.57. The van der Waals surface area contributed by atoms with E-state index >= 15 is 0 Å². The monoisotopic (exact) mass is 494 g/mol. The van der Waals surface area contributed by atoms with E-state index in [-0.39, 0.29) is 5.91 Å². The van der Waals surface area contributed by atoms with Crippen LogP contribution in [-0.2, 0) is 27.7 Å². The van der Waals surface area contributed by atoms with Gasteiger partial charge in [0.2, 0.25) is 27.7 Å². The molecule has 35 heavy (non-hydrogen) atoms. The molecule has 184 valence electrons. The second-order valence-corrected chi connectivity index (χ2v) is 11.3. The van der Waals surface area contributed by atoms with Crippen LogP contribution in [0.4, 0.5) is 5.69 Å². The first-order chi connectivity index (χ1) is 16.8. The van der Waals surface area contributed by atoms with Gasteiger partial charge in [0.25, 0.3) is 0 Å². The third-order valence-electron chi connectivity index (χ3n) is 7.33. The Morgan fingerprint density at radius 1 is 0.971 bits per heavy atom. The van der Waals surface area contributed by atoms with Crippen molar-refractivity contribution in [2.75, 3.05) is 24.5 Å². The first kappa shape index (κ1) is 23.7. The molecule has 3 heterocycles. The molecule has 0 unspecified atom stereocenters. The molecule has 9 heteroatoms. The lowest BCUT2D eigenvalue weighted by atomic mass is 9.77. The summed E-state index contributed by atoms with van der Waals surface area (Å²) in [5.74, 6) is 1.21. The largest absolute Gasteiger partial charge is 0.425 e. The van der Waals surface area contributed by atoms with Crippen LogP contribution in [-0.4, -0.2) is 48.5 Å². The molecule has 0 atom stereocenters. The molecule has 3 aromatic rings. The van der Waals surface area contributed by atoms with Crippen LogP contribution in [0.3, 0.4) is 0 Å². The van der Waals surface area contributed by atoms with E-state index in [4.69, 9.17) is 4.42 Å². The number of anilines is 1. The highest BCUT2D eigenvalue weighted by Crippen LogP contribution is 2.44. The predicted octanol–water partition coefficient (Wildman–Crippen LogP) is 3.74. The molecule has 8 nitrogen and oxygen atoms in total. The number of benzene rings is 2. The molecule has 2 fully saturated rings. The van der Waals surface area contributed by atoms with Gasteiger partial charge in [0.15, 0.2) is 0 Å². The van der Waals surface area contributed by atoms with Crippen LogP contribution in [0.25, 0.3) is 0 Å². The number of amides is 1. The summed E-state index contributed by atoms with van der Waals surface area (Å²) in [5, 5.41) is 7.89. The van der Waals surface area contributed by atoms with Gasteiger partial charge in [0.05, 0.1) is 16.7 Å². The number of nitrogens with zero attached hydrogens (tertiary/aromatic N) is 4. The van der Waals surface area contributed by atoms with Gasteiger partial charge in [0, 0.05) is 32.2 Å². The molecular formula is C26H30N4O4S. The summed E-state index contributed by atoms with van der Waals surface area (Å²) >= 11 is 0. The number of hydrogen-bond acceptors (Lipinski definition) is 6. The summed E-state index contributed by atoms with van der Waals surface area (Å²) < 4.78 is 33.6. The molecule has 0 N–H and O–H groups in total. The molecule has 1 amide bonds. The Kier molecular flexibility index (Phi) is 6.23. The van der Waals surface area contributed by atoms with E-state index < -0.39 is 15.4 Å². The summed E-state index contributed by atoms with van der Waals surface area (Å²) in [6.45, 7) is 5.10. The number of aryl methyl sites for hydroxylation is 2. The molecule has 2 saturated heterocycles. The van der Waals surface area contributed by atoms with Crippen molar-refractivity contribution in [2.24, 2.45) is 5.41 Å². The molecule has 0 bridgehead atoms. The number of piperidine rings is 1. The van der Waals surface area contributed by atoms with E-state index in [0.29, 0.717) is 62.0 Å². The Morgan fingerprint density at radius 2 is 1.66 bits per heavy atom. The second kappa shape index (κ2) is 9.20. The van der Waals surface area contributed by atoms with Gasteiger partial charge >= 0.3 is 0 Å². The van der Waals surface area contributed by atoms with Crippen molar-refractivity contribution in [1.82, 2.24) is 14.5 Å². The van der Waals surface area contributed by atoms with Crippen LogP contribution in [0.5, 0.6) is 0 Å². The van der Waals surface area contributed by atoms with E-state index in [1.54, 1.807) is 23.4 Å². The smallest absolute Gasteiger partial charge is 0.243 e. The van der Waals surface area contributed by atoms with Crippen LogP contribution >= 0.6 is 0 Å². The van der Waals surface area contributed by atoms with Crippen LogP contribution in [0.2, 0.25) is 0 Å². The van der Waals surface area contributed by atoms with Crippen LogP contribution in [0.15, 0.2) is 57.8 Å². The Morgan fingerprint density at radius 3 is 2.31 bits per heavy atom. The number of carbonyl (C=O) groups is 1. The molecule has 2 aromatic carbocycles. The van der Waals surface area contributed by atoms with Gasteiger partial charge in [0.1, 0.15) is 0 Å². The normalized spacial score (nSPS) is 18.5. The van der Waals surface area contributed by atoms with E-state index in [1.165, 1.54) is 0 Å². The van der Waals surface area contributed by atoms with Gasteiger partial charge in [-0.25, -0.2) is 8.42 Å². The van der Waals surface area contributed by atoms with Gasteiger partial charge in [-0.05, 0) is 55.0 Å². The summed E-state index contributed by atoms with van der Waals surface area (Å²) in [6.07, 6.45) is 3.04. The number of hydrogen-bond donors (Lipinski definition) is 0. The number of sulfonamides is 1. The summed E-state index contributed by atoms with van der Waals surface area (Å²) in [6, 6.07) is 15.1. The van der Waals surface area contributed by atoms with E-state index in [0.717, 1.165) is 23.2 Å². The first-order valence-corrected chi connectivity index (χ1v) is 13.5. The van der Waals surface area contributed by atoms with Gasteiger partial charge in [-0.1, -0.05) is 37.3 Å². The highest BCUT2D eigenvalue weighted by atomic mass is 32.2. The van der Waals surface area contributed by atoms with Crippen molar-refractivity contribution in [1.29, 1.82) is 0 Å². The zero-order chi connectivity index (χ0) is 24.6. The quantitative estimate of drug-likeness (QED) is 0.518. The van der Waals surface area contributed by atoms with E-state index in [1.807, 2.05) is 48.2 Å². The molecule has 0 aliphatic carbocycles. The average Bonchev–Trinajstić information content (AvgIpc) is 3.42. The molecule has 1 spiro atoms. The van der Waals surface area contributed by atoms with Crippen molar-refractivity contribution in [3.63, 3.8) is 0 Å². The Balaban J connectivity index is 1.26. The fourth-order valence-corrected chi connectivity index (χ4v) is 6.99. The maximum atomic E-state index is 13.5. The fourth-order valence-electron chi connectivity index (χ4n) is 5.25. The Bertz CT molecular complexity index is 1330. The highest BCUT2D eigenvalue weighted by Gasteiger charge is 2.50. The van der Waals surface area contributed by atoms with Crippen molar-refractivity contribution in [3.8, 4) is 0 Å². The lowest BCUT2D eigenvalue weighted by Gasteiger charge is -2.37. The molecule has 0 saturated carbocycles. The minimum Gasteiger partial charge on any atom is -0.425 e. The maximum Gasteiger partial charge on any atom is 0.243 e. The number of carbonyl (C=O) groups excluding carboxylic acids is 1. The molecule has 0 radical (unpaired) electrons. The highest BCUT2D eigenvalue weighted by molar-refractivity contribution is 7.89. The molecular weight excluding hydrogens is 464 g/mol. The lowest BCUT2D eigenvalue weighted by molar-refractivity contribution is -0.127. The van der Waals surface area contributed by atoms with Crippen molar-refractivity contribution >= 4 is 21.6 Å².